The molecule has 40 heavy (non-hydrogen) atoms. The van der Waals surface area contributed by atoms with Gasteiger partial charge in [-0.05, 0) is 107 Å². The van der Waals surface area contributed by atoms with Crippen molar-refractivity contribution >= 4 is 48.4 Å². The number of ketones is 1. The summed E-state index contributed by atoms with van der Waals surface area (Å²) in [5.41, 5.74) is 3.49. The lowest BCUT2D eigenvalue weighted by molar-refractivity contribution is 0.103. The quantitative estimate of drug-likeness (QED) is 0.161. The molecule has 0 unspecified atom stereocenters. The highest BCUT2D eigenvalue weighted by atomic mass is 79.9. The van der Waals surface area contributed by atoms with Crippen molar-refractivity contribution < 1.29 is 14.3 Å². The molecule has 6 aromatic rings. The van der Waals surface area contributed by atoms with Crippen LogP contribution in [0.1, 0.15) is 15.9 Å². The van der Waals surface area contributed by atoms with E-state index in [1.165, 1.54) is 16.3 Å². The molecule has 0 heterocycles. The molecule has 0 aliphatic carbocycles. The van der Waals surface area contributed by atoms with E-state index in [0.717, 1.165) is 20.3 Å². The van der Waals surface area contributed by atoms with E-state index in [1.807, 2.05) is 48.5 Å². The molecule has 0 bridgehead atoms. The van der Waals surface area contributed by atoms with E-state index in [0.29, 0.717) is 28.4 Å². The van der Waals surface area contributed by atoms with Crippen molar-refractivity contribution in [2.75, 3.05) is 0 Å². The highest BCUT2D eigenvalue weighted by Crippen LogP contribution is 2.31. The Balaban J connectivity index is 1.09. The zero-order valence-electron chi connectivity index (χ0n) is 21.2. The Kier molecular flexibility index (Phi) is 7.49. The molecule has 0 saturated carbocycles. The molecule has 0 spiro atoms. The van der Waals surface area contributed by atoms with Crippen LogP contribution in [-0.4, -0.2) is 5.78 Å². The third-order valence-electron chi connectivity index (χ3n) is 6.52. The first-order valence-corrected chi connectivity index (χ1v) is 14.3. The summed E-state index contributed by atoms with van der Waals surface area (Å²) < 4.78 is 13.6. The summed E-state index contributed by atoms with van der Waals surface area (Å²) in [5.74, 6) is 2.73. The lowest BCUT2D eigenvalue weighted by atomic mass is 10.0. The lowest BCUT2D eigenvalue weighted by Crippen LogP contribution is -2.02. The van der Waals surface area contributed by atoms with E-state index in [-0.39, 0.29) is 5.78 Å². The monoisotopic (exact) mass is 648 g/mol. The number of ether oxygens (including phenoxy) is 2. The fourth-order valence-electron chi connectivity index (χ4n) is 4.43. The number of carbonyl (C=O) groups excluding carboxylic acids is 1. The molecule has 0 aliphatic heterocycles. The Labute approximate surface area is 249 Å². The van der Waals surface area contributed by atoms with Crippen LogP contribution in [0.3, 0.4) is 0 Å². The minimum Gasteiger partial charge on any atom is -0.457 e. The number of rotatable bonds is 7. The smallest absolute Gasteiger partial charge is 0.194 e. The molecule has 3 nitrogen and oxygen atoms in total. The van der Waals surface area contributed by atoms with E-state index in [4.69, 9.17) is 9.47 Å². The third kappa shape index (κ3) is 5.86. The Bertz CT molecular complexity index is 1810. The van der Waals surface area contributed by atoms with Gasteiger partial charge in [0.05, 0.1) is 0 Å². The largest absolute Gasteiger partial charge is 0.457 e. The highest BCUT2D eigenvalue weighted by molar-refractivity contribution is 9.11. The summed E-state index contributed by atoms with van der Waals surface area (Å²) in [4.78, 5) is 12.9. The summed E-state index contributed by atoms with van der Waals surface area (Å²) in [6.07, 6.45) is 0. The average molecular weight is 650 g/mol. The first-order valence-electron chi connectivity index (χ1n) is 12.7. The van der Waals surface area contributed by atoms with Crippen LogP contribution < -0.4 is 9.47 Å². The molecule has 0 amide bonds. The number of fused-ring (bicyclic) bond motifs is 1. The molecule has 0 saturated heterocycles. The fraction of sp³-hybridized carbons (Fsp3) is 0. The van der Waals surface area contributed by atoms with Crippen molar-refractivity contribution in [2.45, 2.75) is 0 Å². The Morgan fingerprint density at radius 3 is 1.65 bits per heavy atom. The zero-order valence-corrected chi connectivity index (χ0v) is 24.4. The summed E-state index contributed by atoms with van der Waals surface area (Å²) >= 11 is 6.88. The summed E-state index contributed by atoms with van der Waals surface area (Å²) in [7, 11) is 0. The van der Waals surface area contributed by atoms with Crippen molar-refractivity contribution in [1.82, 2.24) is 0 Å². The Hall–Kier alpha value is -4.19. The van der Waals surface area contributed by atoms with Crippen LogP contribution in [0.2, 0.25) is 0 Å². The summed E-state index contributed by atoms with van der Waals surface area (Å²) in [5, 5.41) is 2.46. The molecule has 5 heteroatoms. The van der Waals surface area contributed by atoms with Crippen LogP contribution in [0.15, 0.2) is 142 Å². The van der Waals surface area contributed by atoms with Gasteiger partial charge < -0.3 is 9.47 Å². The minimum absolute atomic E-state index is 0.0634. The Morgan fingerprint density at radius 1 is 0.500 bits per heavy atom. The minimum atomic E-state index is -0.0634. The predicted octanol–water partition coefficient (Wildman–Crippen LogP) is 10.8. The third-order valence-corrected chi connectivity index (χ3v) is 7.71. The Morgan fingerprint density at radius 2 is 1.02 bits per heavy atom. The highest BCUT2D eigenvalue weighted by Gasteiger charge is 2.13. The standard InChI is InChI=1S/C35H22Br2O3/c36-28-11-20-34(37)33(22-28)35(38)25-9-14-30(15-10-25)40-32-18-16-31(17-19-32)39-29-12-7-24(8-13-29)27-6-5-23-3-1-2-4-26(23)21-27/h1-22H. The first-order chi connectivity index (χ1) is 19.5. The first kappa shape index (κ1) is 26.1. The second-order valence-electron chi connectivity index (χ2n) is 9.24. The van der Waals surface area contributed by atoms with Gasteiger partial charge in [0.15, 0.2) is 5.78 Å². The molecule has 0 aliphatic rings. The van der Waals surface area contributed by atoms with Crippen LogP contribution in [0.4, 0.5) is 0 Å². The number of hydrogen-bond acceptors (Lipinski definition) is 3. The maximum atomic E-state index is 12.9. The second kappa shape index (κ2) is 11.5. The molecular formula is C35H22Br2O3. The van der Waals surface area contributed by atoms with Gasteiger partial charge in [0.2, 0.25) is 0 Å². The van der Waals surface area contributed by atoms with Crippen LogP contribution in [0.25, 0.3) is 21.9 Å². The van der Waals surface area contributed by atoms with Gasteiger partial charge in [-0.15, -0.1) is 0 Å². The van der Waals surface area contributed by atoms with Crippen LogP contribution in [0.5, 0.6) is 23.0 Å². The van der Waals surface area contributed by atoms with E-state index < -0.39 is 0 Å². The number of hydrogen-bond donors (Lipinski definition) is 0. The molecule has 0 atom stereocenters. The van der Waals surface area contributed by atoms with Gasteiger partial charge in [-0.2, -0.15) is 0 Å². The van der Waals surface area contributed by atoms with Gasteiger partial charge in [-0.3, -0.25) is 4.79 Å². The normalized spacial score (nSPS) is 10.8. The van der Waals surface area contributed by atoms with Crippen LogP contribution >= 0.6 is 31.9 Å². The molecular weight excluding hydrogens is 628 g/mol. The number of benzene rings is 6. The molecule has 0 N–H and O–H groups in total. The predicted molar refractivity (Wildman–Crippen MR) is 168 cm³/mol. The van der Waals surface area contributed by atoms with E-state index in [9.17, 15) is 4.79 Å². The van der Waals surface area contributed by atoms with Crippen LogP contribution in [-0.2, 0) is 0 Å². The van der Waals surface area contributed by atoms with Crippen LogP contribution in [0, 0.1) is 0 Å². The van der Waals surface area contributed by atoms with E-state index in [2.05, 4.69) is 86.5 Å². The molecule has 194 valence electrons. The van der Waals surface area contributed by atoms with E-state index in [1.54, 1.807) is 30.3 Å². The molecule has 0 radical (unpaired) electrons. The van der Waals surface area contributed by atoms with Crippen molar-refractivity contribution in [1.29, 1.82) is 0 Å². The van der Waals surface area contributed by atoms with Gasteiger partial charge >= 0.3 is 0 Å². The van der Waals surface area contributed by atoms with Gasteiger partial charge in [0, 0.05) is 20.1 Å². The van der Waals surface area contributed by atoms with Crippen molar-refractivity contribution in [3.8, 4) is 34.1 Å². The topological polar surface area (TPSA) is 35.5 Å². The van der Waals surface area contributed by atoms with E-state index >= 15 is 0 Å². The SMILES string of the molecule is O=C(c1ccc(Oc2ccc(Oc3ccc(-c4ccc5ccccc5c4)cc3)cc2)cc1)c1cc(Br)ccc1Br. The number of carbonyl (C=O) groups is 1. The lowest BCUT2D eigenvalue weighted by Gasteiger charge is -2.10. The average Bonchev–Trinajstić information content (AvgIpc) is 2.99. The van der Waals surface area contributed by atoms with Gasteiger partial charge in [0.1, 0.15) is 23.0 Å². The zero-order chi connectivity index (χ0) is 27.5. The molecule has 6 rings (SSSR count). The van der Waals surface area contributed by atoms with Gasteiger partial charge in [-0.25, -0.2) is 0 Å². The summed E-state index contributed by atoms with van der Waals surface area (Å²) in [6.45, 7) is 0. The maximum absolute atomic E-state index is 12.9. The van der Waals surface area contributed by atoms with Gasteiger partial charge in [0.25, 0.3) is 0 Å². The summed E-state index contributed by atoms with van der Waals surface area (Å²) in [6, 6.07) is 43.1. The maximum Gasteiger partial charge on any atom is 0.194 e. The second-order valence-corrected chi connectivity index (χ2v) is 11.0. The molecule has 0 aromatic heterocycles. The molecule has 0 fully saturated rings. The molecule has 6 aromatic carbocycles. The van der Waals surface area contributed by atoms with Crippen molar-refractivity contribution in [2.24, 2.45) is 0 Å². The van der Waals surface area contributed by atoms with Gasteiger partial charge in [-0.1, -0.05) is 80.4 Å². The van der Waals surface area contributed by atoms with Crippen molar-refractivity contribution in [3.05, 3.63) is 154 Å². The number of halogens is 2. The fourth-order valence-corrected chi connectivity index (χ4v) is 5.22. The van der Waals surface area contributed by atoms with Crippen molar-refractivity contribution in [3.63, 3.8) is 0 Å².